The molecule has 19 heavy (non-hydrogen) atoms. The fraction of sp³-hybridized carbons (Fsp3) is 0.455. The highest BCUT2D eigenvalue weighted by Gasteiger charge is 2.18. The number of benzene rings is 1. The van der Waals surface area contributed by atoms with Gasteiger partial charge < -0.3 is 9.84 Å². The Hall–Kier alpha value is -0.540. The van der Waals surface area contributed by atoms with Crippen molar-refractivity contribution < 1.29 is 22.7 Å². The van der Waals surface area contributed by atoms with Crippen molar-refractivity contribution in [1.29, 1.82) is 0 Å². The van der Waals surface area contributed by atoms with Crippen LogP contribution in [0.15, 0.2) is 27.6 Å². The van der Waals surface area contributed by atoms with Crippen LogP contribution in [0.3, 0.4) is 0 Å². The molecule has 108 valence electrons. The van der Waals surface area contributed by atoms with E-state index < -0.39 is 21.9 Å². The number of rotatable bonds is 7. The first-order valence-corrected chi connectivity index (χ1v) is 7.76. The molecule has 0 saturated heterocycles. The maximum Gasteiger partial charge on any atom is 0.241 e. The summed E-state index contributed by atoms with van der Waals surface area (Å²) in [5.41, 5.74) is 0. The highest BCUT2D eigenvalue weighted by atomic mass is 79.9. The lowest BCUT2D eigenvalue weighted by Crippen LogP contribution is -2.28. The summed E-state index contributed by atoms with van der Waals surface area (Å²) in [6, 6.07) is 3.32. The van der Waals surface area contributed by atoms with Crippen molar-refractivity contribution in [1.82, 2.24) is 4.72 Å². The van der Waals surface area contributed by atoms with E-state index in [1.54, 1.807) is 0 Å². The second kappa shape index (κ2) is 7.30. The molecule has 1 rings (SSSR count). The number of nitrogens with one attached hydrogen (secondary N) is 1. The number of hydrogen-bond donors (Lipinski definition) is 2. The van der Waals surface area contributed by atoms with Gasteiger partial charge in [-0.2, -0.15) is 0 Å². The topological polar surface area (TPSA) is 75.6 Å². The van der Waals surface area contributed by atoms with E-state index in [9.17, 15) is 17.9 Å². The van der Waals surface area contributed by atoms with Crippen LogP contribution in [0.1, 0.15) is 6.42 Å². The van der Waals surface area contributed by atoms with E-state index >= 15 is 0 Å². The van der Waals surface area contributed by atoms with E-state index in [1.807, 2.05) is 0 Å². The average molecular weight is 356 g/mol. The number of methoxy groups -OCH3 is 1. The van der Waals surface area contributed by atoms with Gasteiger partial charge in [-0.25, -0.2) is 17.5 Å². The first kappa shape index (κ1) is 16.5. The van der Waals surface area contributed by atoms with Crippen molar-refractivity contribution in [2.45, 2.75) is 17.4 Å². The van der Waals surface area contributed by atoms with Crippen LogP contribution in [0.25, 0.3) is 0 Å². The van der Waals surface area contributed by atoms with E-state index in [1.165, 1.54) is 13.2 Å². The summed E-state index contributed by atoms with van der Waals surface area (Å²) in [6.45, 7) is 0.207. The Morgan fingerprint density at radius 3 is 2.79 bits per heavy atom. The summed E-state index contributed by atoms with van der Waals surface area (Å²) in [6.07, 6.45) is -0.504. The maximum absolute atomic E-state index is 12.9. The summed E-state index contributed by atoms with van der Waals surface area (Å²) >= 11 is 3.00. The van der Waals surface area contributed by atoms with Crippen molar-refractivity contribution in [3.8, 4) is 0 Å². The summed E-state index contributed by atoms with van der Waals surface area (Å²) in [4.78, 5) is -0.0462. The molecule has 0 spiro atoms. The molecular formula is C11H15BrFNO4S. The highest BCUT2D eigenvalue weighted by molar-refractivity contribution is 9.10. The zero-order valence-corrected chi connectivity index (χ0v) is 12.7. The molecule has 0 aliphatic heterocycles. The van der Waals surface area contributed by atoms with Crippen molar-refractivity contribution in [3.05, 3.63) is 28.5 Å². The Kier molecular flexibility index (Phi) is 6.34. The molecule has 1 aromatic rings. The van der Waals surface area contributed by atoms with E-state index in [2.05, 4.69) is 20.7 Å². The first-order chi connectivity index (χ1) is 8.86. The molecule has 1 aromatic carbocycles. The third-order valence-electron chi connectivity index (χ3n) is 2.31. The van der Waals surface area contributed by atoms with E-state index in [0.29, 0.717) is 0 Å². The SMILES string of the molecule is COCC(O)CCNS(=O)(=O)c1ccc(F)cc1Br. The van der Waals surface area contributed by atoms with E-state index in [-0.39, 0.29) is 28.9 Å². The van der Waals surface area contributed by atoms with Crippen molar-refractivity contribution >= 4 is 26.0 Å². The fourth-order valence-corrected chi connectivity index (χ4v) is 3.50. The average Bonchev–Trinajstić information content (AvgIpc) is 2.28. The minimum atomic E-state index is -3.73. The smallest absolute Gasteiger partial charge is 0.241 e. The molecule has 0 radical (unpaired) electrons. The van der Waals surface area contributed by atoms with Gasteiger partial charge >= 0.3 is 0 Å². The molecule has 2 N–H and O–H groups in total. The van der Waals surface area contributed by atoms with Gasteiger partial charge in [0.15, 0.2) is 0 Å². The molecule has 0 heterocycles. The molecule has 0 fully saturated rings. The Morgan fingerprint density at radius 1 is 1.53 bits per heavy atom. The van der Waals surface area contributed by atoms with Gasteiger partial charge in [-0.15, -0.1) is 0 Å². The number of halogens is 2. The predicted octanol–water partition coefficient (Wildman–Crippen LogP) is 1.26. The highest BCUT2D eigenvalue weighted by Crippen LogP contribution is 2.22. The van der Waals surface area contributed by atoms with Crippen LogP contribution in [0.5, 0.6) is 0 Å². The molecule has 8 heteroatoms. The van der Waals surface area contributed by atoms with Crippen LogP contribution >= 0.6 is 15.9 Å². The van der Waals surface area contributed by atoms with Gasteiger partial charge in [0, 0.05) is 18.1 Å². The number of ether oxygens (including phenoxy) is 1. The van der Waals surface area contributed by atoms with Crippen molar-refractivity contribution in [3.63, 3.8) is 0 Å². The number of aliphatic hydroxyl groups excluding tert-OH is 1. The van der Waals surface area contributed by atoms with Crippen LogP contribution in [-0.4, -0.2) is 39.9 Å². The van der Waals surface area contributed by atoms with Gasteiger partial charge in [-0.1, -0.05) is 0 Å². The summed E-state index contributed by atoms with van der Waals surface area (Å²) in [5.74, 6) is -0.527. The Labute approximate surface area is 120 Å². The lowest BCUT2D eigenvalue weighted by Gasteiger charge is -2.11. The van der Waals surface area contributed by atoms with Gasteiger partial charge in [-0.05, 0) is 40.5 Å². The molecule has 0 aliphatic rings. The van der Waals surface area contributed by atoms with Crippen LogP contribution in [0, 0.1) is 5.82 Å². The molecule has 1 unspecified atom stereocenters. The second-order valence-electron chi connectivity index (χ2n) is 3.87. The number of hydrogen-bond acceptors (Lipinski definition) is 4. The standard InChI is InChI=1S/C11H15BrFNO4S/c1-18-7-9(15)4-5-14-19(16,17)11-3-2-8(13)6-10(11)12/h2-3,6,9,14-15H,4-5,7H2,1H3. The zero-order valence-electron chi connectivity index (χ0n) is 10.3. The Bertz CT molecular complexity index is 523. The van der Waals surface area contributed by atoms with Crippen LogP contribution in [0.4, 0.5) is 4.39 Å². The molecule has 0 bridgehead atoms. The van der Waals surface area contributed by atoms with E-state index in [4.69, 9.17) is 4.74 Å². The van der Waals surface area contributed by atoms with Crippen LogP contribution < -0.4 is 4.72 Å². The van der Waals surface area contributed by atoms with Crippen LogP contribution in [-0.2, 0) is 14.8 Å². The van der Waals surface area contributed by atoms with E-state index in [0.717, 1.165) is 12.1 Å². The fourth-order valence-electron chi connectivity index (χ4n) is 1.41. The third kappa shape index (κ3) is 5.15. The monoisotopic (exact) mass is 355 g/mol. The number of sulfonamides is 1. The second-order valence-corrected chi connectivity index (χ2v) is 6.46. The van der Waals surface area contributed by atoms with Gasteiger partial charge in [0.25, 0.3) is 0 Å². The molecule has 0 saturated carbocycles. The van der Waals surface area contributed by atoms with Crippen LogP contribution in [0.2, 0.25) is 0 Å². The Balaban J connectivity index is 2.66. The number of aliphatic hydroxyl groups is 1. The molecule has 5 nitrogen and oxygen atoms in total. The molecule has 0 aliphatic carbocycles. The third-order valence-corrected chi connectivity index (χ3v) is 4.75. The lowest BCUT2D eigenvalue weighted by molar-refractivity contribution is 0.0603. The van der Waals surface area contributed by atoms with Gasteiger partial charge in [0.1, 0.15) is 5.82 Å². The zero-order chi connectivity index (χ0) is 14.5. The predicted molar refractivity (Wildman–Crippen MR) is 71.8 cm³/mol. The van der Waals surface area contributed by atoms with Gasteiger partial charge in [-0.3, -0.25) is 0 Å². The minimum absolute atomic E-state index is 0.0462. The molecule has 1 atom stereocenters. The molecular weight excluding hydrogens is 341 g/mol. The van der Waals surface area contributed by atoms with Gasteiger partial charge in [0.2, 0.25) is 10.0 Å². The molecule has 0 aromatic heterocycles. The quantitative estimate of drug-likeness (QED) is 0.772. The maximum atomic E-state index is 12.9. The summed E-state index contributed by atoms with van der Waals surface area (Å²) < 4.78 is 43.9. The summed E-state index contributed by atoms with van der Waals surface area (Å²) in [7, 11) is -2.29. The normalized spacial score (nSPS) is 13.5. The minimum Gasteiger partial charge on any atom is -0.391 e. The van der Waals surface area contributed by atoms with Crippen molar-refractivity contribution in [2.24, 2.45) is 0 Å². The first-order valence-electron chi connectivity index (χ1n) is 5.48. The Morgan fingerprint density at radius 2 is 2.21 bits per heavy atom. The van der Waals surface area contributed by atoms with Crippen molar-refractivity contribution in [2.75, 3.05) is 20.3 Å². The largest absolute Gasteiger partial charge is 0.391 e. The lowest BCUT2D eigenvalue weighted by atomic mass is 10.3. The summed E-state index contributed by atoms with van der Waals surface area (Å²) in [5, 5.41) is 9.39. The molecule has 0 amide bonds. The van der Waals surface area contributed by atoms with Gasteiger partial charge in [0.05, 0.1) is 17.6 Å².